The van der Waals surface area contributed by atoms with Gasteiger partial charge in [-0.1, -0.05) is 24.3 Å². The molecule has 0 saturated heterocycles. The summed E-state index contributed by atoms with van der Waals surface area (Å²) in [5.74, 6) is 0. The average Bonchev–Trinajstić information content (AvgIpc) is 2.04. The first-order valence-corrected chi connectivity index (χ1v) is 3.83. The van der Waals surface area contributed by atoms with E-state index in [9.17, 15) is 0 Å². The highest BCUT2D eigenvalue weighted by Crippen LogP contribution is 2.16. The van der Waals surface area contributed by atoms with Crippen LogP contribution in [0.2, 0.25) is 0 Å². The first kappa shape index (κ1) is 8.06. The predicted octanol–water partition coefficient (Wildman–Crippen LogP) is 3.22. The zero-order valence-electron chi connectivity index (χ0n) is 7.31. The Balaban J connectivity index is 3.14. The van der Waals surface area contributed by atoms with Crippen LogP contribution in [-0.2, 0) is 0 Å². The fraction of sp³-hybridized carbons (Fsp3) is 0.273. The van der Waals surface area contributed by atoms with Crippen molar-refractivity contribution in [2.45, 2.75) is 20.8 Å². The van der Waals surface area contributed by atoms with Crippen LogP contribution in [0, 0.1) is 13.0 Å². The zero-order valence-corrected chi connectivity index (χ0v) is 7.31. The first-order valence-electron chi connectivity index (χ1n) is 3.83. The van der Waals surface area contributed by atoms with Crippen molar-refractivity contribution >= 4 is 5.57 Å². The van der Waals surface area contributed by atoms with E-state index < -0.39 is 0 Å². The van der Waals surface area contributed by atoms with E-state index in [1.165, 1.54) is 16.7 Å². The lowest BCUT2D eigenvalue weighted by Crippen LogP contribution is -1.83. The van der Waals surface area contributed by atoms with Crippen molar-refractivity contribution in [1.82, 2.24) is 0 Å². The molecule has 0 spiro atoms. The molecule has 0 atom stereocenters. The second-order valence-electron chi connectivity index (χ2n) is 2.69. The van der Waals surface area contributed by atoms with Crippen molar-refractivity contribution in [3.05, 3.63) is 41.5 Å². The largest absolute Gasteiger partial charge is 0.0620 e. The number of allylic oxidation sites excluding steroid dienone is 2. The lowest BCUT2D eigenvalue weighted by molar-refractivity contribution is 1.39. The quantitative estimate of drug-likeness (QED) is 0.569. The molecule has 0 aromatic heterocycles. The fourth-order valence-corrected chi connectivity index (χ4v) is 1.13. The van der Waals surface area contributed by atoms with E-state index >= 15 is 0 Å². The Morgan fingerprint density at radius 1 is 1.27 bits per heavy atom. The van der Waals surface area contributed by atoms with Crippen LogP contribution in [0.4, 0.5) is 0 Å². The van der Waals surface area contributed by atoms with Gasteiger partial charge in [0.15, 0.2) is 0 Å². The molecule has 1 radical (unpaired) electrons. The monoisotopic (exact) mass is 145 g/mol. The summed E-state index contributed by atoms with van der Waals surface area (Å²) < 4.78 is 0. The van der Waals surface area contributed by atoms with Gasteiger partial charge in [-0.25, -0.2) is 0 Å². The molecule has 1 aromatic rings. The minimum atomic E-state index is 1.23. The maximum atomic E-state index is 3.14. The van der Waals surface area contributed by atoms with Crippen LogP contribution >= 0.6 is 0 Å². The topological polar surface area (TPSA) is 0 Å². The van der Waals surface area contributed by atoms with Gasteiger partial charge in [0.25, 0.3) is 0 Å². The van der Waals surface area contributed by atoms with E-state index in [0.717, 1.165) is 0 Å². The van der Waals surface area contributed by atoms with Gasteiger partial charge >= 0.3 is 0 Å². The SMILES string of the molecule is C[C]=C(C)c1ccccc1C. The zero-order chi connectivity index (χ0) is 8.27. The summed E-state index contributed by atoms with van der Waals surface area (Å²) in [5, 5.41) is 0. The molecule has 0 aliphatic carbocycles. The van der Waals surface area contributed by atoms with Gasteiger partial charge in [-0.2, -0.15) is 0 Å². The highest BCUT2D eigenvalue weighted by molar-refractivity contribution is 5.64. The molecule has 0 aliphatic heterocycles. The highest BCUT2D eigenvalue weighted by Gasteiger charge is 1.96. The average molecular weight is 145 g/mol. The van der Waals surface area contributed by atoms with Crippen LogP contribution in [0.5, 0.6) is 0 Å². The molecule has 0 heteroatoms. The third-order valence-corrected chi connectivity index (χ3v) is 1.92. The molecule has 1 aromatic carbocycles. The van der Waals surface area contributed by atoms with Crippen LogP contribution in [0.25, 0.3) is 5.57 Å². The summed E-state index contributed by atoms with van der Waals surface area (Å²) >= 11 is 0. The van der Waals surface area contributed by atoms with E-state index in [2.05, 4.69) is 44.2 Å². The second-order valence-corrected chi connectivity index (χ2v) is 2.69. The predicted molar refractivity (Wildman–Crippen MR) is 49.2 cm³/mol. The van der Waals surface area contributed by atoms with E-state index in [4.69, 9.17) is 0 Å². The summed E-state index contributed by atoms with van der Waals surface area (Å²) in [6.07, 6.45) is 3.14. The summed E-state index contributed by atoms with van der Waals surface area (Å²) in [6, 6.07) is 8.36. The minimum Gasteiger partial charge on any atom is -0.0620 e. The molecule has 0 bridgehead atoms. The van der Waals surface area contributed by atoms with Crippen LogP contribution < -0.4 is 0 Å². The second kappa shape index (κ2) is 3.38. The number of rotatable bonds is 1. The molecule has 0 amide bonds. The van der Waals surface area contributed by atoms with Crippen molar-refractivity contribution in [1.29, 1.82) is 0 Å². The molecule has 1 rings (SSSR count). The van der Waals surface area contributed by atoms with E-state index in [1.807, 2.05) is 6.92 Å². The van der Waals surface area contributed by atoms with Crippen molar-refractivity contribution in [3.63, 3.8) is 0 Å². The van der Waals surface area contributed by atoms with Gasteiger partial charge in [0, 0.05) is 0 Å². The van der Waals surface area contributed by atoms with Crippen LogP contribution in [-0.4, -0.2) is 0 Å². The first-order chi connectivity index (χ1) is 5.25. The molecule has 0 N–H and O–H groups in total. The van der Waals surface area contributed by atoms with Gasteiger partial charge in [-0.05, 0) is 43.5 Å². The molecular formula is C11H13. The third-order valence-electron chi connectivity index (χ3n) is 1.92. The maximum Gasteiger partial charge on any atom is -0.0195 e. The molecular weight excluding hydrogens is 132 g/mol. The Kier molecular flexibility index (Phi) is 2.48. The summed E-state index contributed by atoms with van der Waals surface area (Å²) in [6.45, 7) is 6.15. The van der Waals surface area contributed by atoms with Gasteiger partial charge in [-0.15, -0.1) is 0 Å². The number of hydrogen-bond acceptors (Lipinski definition) is 0. The normalized spacial score (nSPS) is 11.7. The van der Waals surface area contributed by atoms with Crippen molar-refractivity contribution in [2.24, 2.45) is 0 Å². The molecule has 0 nitrogen and oxygen atoms in total. The van der Waals surface area contributed by atoms with E-state index in [1.54, 1.807) is 0 Å². The maximum absolute atomic E-state index is 3.14. The number of aryl methyl sites for hydroxylation is 1. The Hall–Kier alpha value is -1.04. The van der Waals surface area contributed by atoms with Crippen LogP contribution in [0.1, 0.15) is 25.0 Å². The number of hydrogen-bond donors (Lipinski definition) is 0. The van der Waals surface area contributed by atoms with Gasteiger partial charge < -0.3 is 0 Å². The Morgan fingerprint density at radius 3 is 2.45 bits per heavy atom. The van der Waals surface area contributed by atoms with E-state index in [-0.39, 0.29) is 0 Å². The Labute approximate surface area is 68.6 Å². The van der Waals surface area contributed by atoms with Crippen molar-refractivity contribution < 1.29 is 0 Å². The lowest BCUT2D eigenvalue weighted by Gasteiger charge is -2.03. The summed E-state index contributed by atoms with van der Waals surface area (Å²) in [4.78, 5) is 0. The Bertz CT molecular complexity index is 269. The van der Waals surface area contributed by atoms with Crippen LogP contribution in [0.15, 0.2) is 24.3 Å². The minimum absolute atomic E-state index is 1.23. The van der Waals surface area contributed by atoms with Gasteiger partial charge in [0.1, 0.15) is 0 Å². The smallest absolute Gasteiger partial charge is 0.0195 e. The van der Waals surface area contributed by atoms with Crippen molar-refractivity contribution in [3.8, 4) is 0 Å². The lowest BCUT2D eigenvalue weighted by atomic mass is 10.0. The molecule has 0 fully saturated rings. The van der Waals surface area contributed by atoms with Gasteiger partial charge in [0.05, 0.1) is 0 Å². The van der Waals surface area contributed by atoms with Crippen LogP contribution in [0.3, 0.4) is 0 Å². The van der Waals surface area contributed by atoms with Gasteiger partial charge in [0.2, 0.25) is 0 Å². The molecule has 0 heterocycles. The fourth-order valence-electron chi connectivity index (χ4n) is 1.13. The molecule has 0 aliphatic rings. The standard InChI is InChI=1S/C11H13/c1-4-9(2)11-8-6-5-7-10(11)3/h5-8H,1-3H3. The van der Waals surface area contributed by atoms with Gasteiger partial charge in [-0.3, -0.25) is 0 Å². The highest BCUT2D eigenvalue weighted by atomic mass is 14.0. The molecule has 0 saturated carbocycles. The van der Waals surface area contributed by atoms with E-state index in [0.29, 0.717) is 0 Å². The van der Waals surface area contributed by atoms with Crippen molar-refractivity contribution in [2.75, 3.05) is 0 Å². The third kappa shape index (κ3) is 1.70. The summed E-state index contributed by atoms with van der Waals surface area (Å²) in [7, 11) is 0. The molecule has 11 heavy (non-hydrogen) atoms. The number of benzene rings is 1. The summed E-state index contributed by atoms with van der Waals surface area (Å²) in [5.41, 5.74) is 3.84. The Morgan fingerprint density at radius 2 is 1.91 bits per heavy atom. The molecule has 57 valence electrons. The molecule has 0 unspecified atom stereocenters.